The molecule has 0 heterocycles. The molecule has 2 rings (SSSR count). The number of carbonyl (C=O) groups excluding carboxylic acids is 1. The molecule has 122 valence electrons. The van der Waals surface area contributed by atoms with E-state index in [1.54, 1.807) is 45.6 Å². The maximum absolute atomic E-state index is 11.9. The Morgan fingerprint density at radius 1 is 0.826 bits per heavy atom. The molecule has 0 aromatic heterocycles. The van der Waals surface area contributed by atoms with Crippen molar-refractivity contribution in [2.75, 3.05) is 21.3 Å². The average molecular weight is 316 g/mol. The molecule has 0 unspecified atom stereocenters. The molecule has 0 fully saturated rings. The summed E-state index contributed by atoms with van der Waals surface area (Å²) in [5.74, 6) is 2.24. The minimum Gasteiger partial charge on any atom is -0.497 e. The zero-order valence-corrected chi connectivity index (χ0v) is 13.5. The number of hydrogen-bond acceptors (Lipinski definition) is 5. The Morgan fingerprint density at radius 2 is 1.48 bits per heavy atom. The molecule has 5 heteroatoms. The van der Waals surface area contributed by atoms with Gasteiger partial charge < -0.3 is 18.9 Å². The number of aryl methyl sites for hydroxylation is 1. The second-order valence-electron chi connectivity index (χ2n) is 4.84. The molecule has 0 radical (unpaired) electrons. The van der Waals surface area contributed by atoms with Gasteiger partial charge in [-0.25, -0.2) is 0 Å². The average Bonchev–Trinajstić information content (AvgIpc) is 2.60. The summed E-state index contributed by atoms with van der Waals surface area (Å²) in [5.41, 5.74) is 0.981. The Hall–Kier alpha value is -2.69. The fourth-order valence-electron chi connectivity index (χ4n) is 2.11. The van der Waals surface area contributed by atoms with Crippen molar-refractivity contribution in [2.24, 2.45) is 0 Å². The Bertz CT molecular complexity index is 649. The monoisotopic (exact) mass is 316 g/mol. The number of rotatable bonds is 7. The van der Waals surface area contributed by atoms with Crippen LogP contribution >= 0.6 is 0 Å². The van der Waals surface area contributed by atoms with Crippen molar-refractivity contribution >= 4 is 5.97 Å². The fourth-order valence-corrected chi connectivity index (χ4v) is 2.11. The molecule has 0 saturated carbocycles. The highest BCUT2D eigenvalue weighted by molar-refractivity contribution is 5.72. The Kier molecular flexibility index (Phi) is 5.86. The summed E-state index contributed by atoms with van der Waals surface area (Å²) in [6, 6.07) is 12.5. The largest absolute Gasteiger partial charge is 0.497 e. The van der Waals surface area contributed by atoms with Crippen LogP contribution in [0.2, 0.25) is 0 Å². The van der Waals surface area contributed by atoms with E-state index in [0.29, 0.717) is 23.7 Å². The molecular formula is C18H20O5. The summed E-state index contributed by atoms with van der Waals surface area (Å²) < 4.78 is 20.8. The smallest absolute Gasteiger partial charge is 0.311 e. The molecule has 0 spiro atoms. The second-order valence-corrected chi connectivity index (χ2v) is 4.84. The van der Waals surface area contributed by atoms with Crippen LogP contribution in [-0.2, 0) is 11.2 Å². The van der Waals surface area contributed by atoms with Crippen LogP contribution in [0, 0.1) is 0 Å². The van der Waals surface area contributed by atoms with Crippen molar-refractivity contribution in [1.29, 1.82) is 0 Å². The van der Waals surface area contributed by atoms with Crippen molar-refractivity contribution in [1.82, 2.24) is 0 Å². The van der Waals surface area contributed by atoms with E-state index < -0.39 is 0 Å². The Morgan fingerprint density at radius 3 is 2.09 bits per heavy atom. The van der Waals surface area contributed by atoms with Crippen molar-refractivity contribution in [3.05, 3.63) is 48.0 Å². The molecule has 0 amide bonds. The van der Waals surface area contributed by atoms with Crippen LogP contribution in [0.5, 0.6) is 23.0 Å². The molecule has 0 bridgehead atoms. The van der Waals surface area contributed by atoms with Gasteiger partial charge in [-0.15, -0.1) is 0 Å². The van der Waals surface area contributed by atoms with Crippen LogP contribution in [0.1, 0.15) is 12.0 Å². The van der Waals surface area contributed by atoms with Gasteiger partial charge in [0.25, 0.3) is 0 Å². The molecule has 0 N–H and O–H groups in total. The highest BCUT2D eigenvalue weighted by Gasteiger charge is 2.09. The molecule has 2 aromatic rings. The third-order valence-electron chi connectivity index (χ3n) is 3.36. The molecular weight excluding hydrogens is 296 g/mol. The summed E-state index contributed by atoms with van der Waals surface area (Å²) in [4.78, 5) is 11.9. The minimum atomic E-state index is -0.287. The Balaban J connectivity index is 1.90. The van der Waals surface area contributed by atoms with E-state index in [2.05, 4.69) is 0 Å². The number of methoxy groups -OCH3 is 3. The third-order valence-corrected chi connectivity index (χ3v) is 3.36. The summed E-state index contributed by atoms with van der Waals surface area (Å²) in [7, 11) is 4.76. The van der Waals surface area contributed by atoms with Gasteiger partial charge in [0.15, 0.2) is 11.5 Å². The lowest BCUT2D eigenvalue weighted by molar-refractivity contribution is -0.134. The molecule has 5 nitrogen and oxygen atoms in total. The van der Waals surface area contributed by atoms with Gasteiger partial charge >= 0.3 is 5.97 Å². The van der Waals surface area contributed by atoms with Gasteiger partial charge in [-0.05, 0) is 48.4 Å². The Labute approximate surface area is 135 Å². The van der Waals surface area contributed by atoms with Gasteiger partial charge in [-0.2, -0.15) is 0 Å². The zero-order valence-electron chi connectivity index (χ0n) is 13.5. The van der Waals surface area contributed by atoms with Crippen LogP contribution in [-0.4, -0.2) is 27.3 Å². The van der Waals surface area contributed by atoms with Crippen LogP contribution in [0.25, 0.3) is 0 Å². The van der Waals surface area contributed by atoms with Crippen molar-refractivity contribution < 1.29 is 23.7 Å². The summed E-state index contributed by atoms with van der Waals surface area (Å²) in [6.45, 7) is 0. The molecule has 0 aliphatic carbocycles. The molecule has 0 atom stereocenters. The minimum absolute atomic E-state index is 0.279. The predicted octanol–water partition coefficient (Wildman–Crippen LogP) is 3.25. The van der Waals surface area contributed by atoms with Gasteiger partial charge in [-0.1, -0.05) is 6.07 Å². The summed E-state index contributed by atoms with van der Waals surface area (Å²) in [6.07, 6.45) is 0.844. The molecule has 0 saturated heterocycles. The predicted molar refractivity (Wildman–Crippen MR) is 86.5 cm³/mol. The molecule has 0 aliphatic rings. The van der Waals surface area contributed by atoms with Gasteiger partial charge in [0.05, 0.1) is 21.3 Å². The van der Waals surface area contributed by atoms with E-state index in [0.717, 1.165) is 11.3 Å². The summed E-state index contributed by atoms with van der Waals surface area (Å²) >= 11 is 0. The maximum Gasteiger partial charge on any atom is 0.311 e. The first kappa shape index (κ1) is 16.7. The number of benzene rings is 2. The quantitative estimate of drug-likeness (QED) is 0.580. The first-order valence-corrected chi connectivity index (χ1v) is 7.22. The number of carbonyl (C=O) groups is 1. The van der Waals surface area contributed by atoms with E-state index in [1.165, 1.54) is 0 Å². The third kappa shape index (κ3) is 4.64. The van der Waals surface area contributed by atoms with Crippen molar-refractivity contribution in [2.45, 2.75) is 12.8 Å². The zero-order chi connectivity index (χ0) is 16.7. The molecule has 0 aliphatic heterocycles. The first-order valence-electron chi connectivity index (χ1n) is 7.22. The van der Waals surface area contributed by atoms with Gasteiger partial charge in [-0.3, -0.25) is 4.79 Å². The first-order chi connectivity index (χ1) is 11.2. The molecule has 2 aromatic carbocycles. The van der Waals surface area contributed by atoms with Crippen LogP contribution < -0.4 is 18.9 Å². The van der Waals surface area contributed by atoms with E-state index >= 15 is 0 Å². The topological polar surface area (TPSA) is 54.0 Å². The van der Waals surface area contributed by atoms with Crippen LogP contribution in [0.15, 0.2) is 42.5 Å². The van der Waals surface area contributed by atoms with Gasteiger partial charge in [0.1, 0.15) is 11.5 Å². The number of ether oxygens (including phenoxy) is 4. The lowest BCUT2D eigenvalue weighted by atomic mass is 10.1. The summed E-state index contributed by atoms with van der Waals surface area (Å²) in [5, 5.41) is 0. The lowest BCUT2D eigenvalue weighted by Gasteiger charge is -2.09. The van der Waals surface area contributed by atoms with Crippen LogP contribution in [0.3, 0.4) is 0 Å². The number of hydrogen-bond donors (Lipinski definition) is 0. The SMILES string of the molecule is COc1ccc(OC(=O)CCc2ccc(OC)c(OC)c2)cc1. The fraction of sp³-hybridized carbons (Fsp3) is 0.278. The maximum atomic E-state index is 11.9. The van der Waals surface area contributed by atoms with E-state index in [1.807, 2.05) is 18.2 Å². The lowest BCUT2D eigenvalue weighted by Crippen LogP contribution is -2.09. The van der Waals surface area contributed by atoms with Crippen molar-refractivity contribution in [3.63, 3.8) is 0 Å². The highest BCUT2D eigenvalue weighted by Crippen LogP contribution is 2.28. The van der Waals surface area contributed by atoms with E-state index in [-0.39, 0.29) is 12.4 Å². The van der Waals surface area contributed by atoms with Crippen molar-refractivity contribution in [3.8, 4) is 23.0 Å². The van der Waals surface area contributed by atoms with Gasteiger partial charge in [0, 0.05) is 6.42 Å². The van der Waals surface area contributed by atoms with E-state index in [4.69, 9.17) is 18.9 Å². The van der Waals surface area contributed by atoms with E-state index in [9.17, 15) is 4.79 Å². The second kappa shape index (κ2) is 8.08. The highest BCUT2D eigenvalue weighted by atomic mass is 16.5. The number of esters is 1. The normalized spacial score (nSPS) is 10.0. The van der Waals surface area contributed by atoms with Gasteiger partial charge in [0.2, 0.25) is 0 Å². The molecule has 23 heavy (non-hydrogen) atoms. The standard InChI is InChI=1S/C18H20O5/c1-20-14-6-8-15(9-7-14)23-18(19)11-5-13-4-10-16(21-2)17(12-13)22-3/h4,6-10,12H,5,11H2,1-3H3. The van der Waals surface area contributed by atoms with Crippen LogP contribution in [0.4, 0.5) is 0 Å².